The van der Waals surface area contributed by atoms with E-state index in [1.54, 1.807) is 24.3 Å². The average Bonchev–Trinajstić information content (AvgIpc) is 3.13. The minimum absolute atomic E-state index is 0.151. The van der Waals surface area contributed by atoms with Crippen LogP contribution < -0.4 is 5.32 Å². The van der Waals surface area contributed by atoms with Gasteiger partial charge in [-0.15, -0.1) is 0 Å². The Labute approximate surface area is 179 Å². The van der Waals surface area contributed by atoms with Gasteiger partial charge < -0.3 is 5.32 Å². The van der Waals surface area contributed by atoms with Gasteiger partial charge in [0.25, 0.3) is 5.91 Å². The number of anilines is 1. The molecular weight excluding hydrogens is 438 g/mol. The van der Waals surface area contributed by atoms with E-state index in [1.807, 2.05) is 20.8 Å². The Kier molecular flexibility index (Phi) is 5.79. The van der Waals surface area contributed by atoms with Crippen LogP contribution in [0.4, 0.5) is 32.0 Å². The highest BCUT2D eigenvalue weighted by atomic mass is 19.4. The Morgan fingerprint density at radius 1 is 0.844 bits per heavy atom. The molecule has 1 amide bonds. The minimum Gasteiger partial charge on any atom is -0.322 e. The Morgan fingerprint density at radius 2 is 1.44 bits per heavy atom. The van der Waals surface area contributed by atoms with E-state index < -0.39 is 40.9 Å². The summed E-state index contributed by atoms with van der Waals surface area (Å²) in [6.45, 7) is 5.96. The van der Waals surface area contributed by atoms with Crippen molar-refractivity contribution < 1.29 is 31.1 Å². The van der Waals surface area contributed by atoms with Crippen LogP contribution >= 0.6 is 0 Å². The van der Waals surface area contributed by atoms with Crippen molar-refractivity contribution in [2.75, 3.05) is 5.32 Å². The van der Waals surface area contributed by atoms with E-state index in [9.17, 15) is 31.1 Å². The third-order valence-electron chi connectivity index (χ3n) is 4.58. The zero-order valence-electron chi connectivity index (χ0n) is 17.1. The SMILES string of the molecule is CC(C)(C)c1ccc(NC(=O)c2cnn(-c3ccc(C(F)(F)F)cn3)c2C(F)(F)F)cc1. The molecule has 2 aromatic heterocycles. The lowest BCUT2D eigenvalue weighted by Gasteiger charge is -2.19. The van der Waals surface area contributed by atoms with Crippen molar-refractivity contribution >= 4 is 11.6 Å². The van der Waals surface area contributed by atoms with Crippen molar-refractivity contribution in [3.05, 3.63) is 71.2 Å². The van der Waals surface area contributed by atoms with Crippen LogP contribution in [0.15, 0.2) is 48.8 Å². The molecule has 0 saturated carbocycles. The molecule has 170 valence electrons. The Morgan fingerprint density at radius 3 is 1.91 bits per heavy atom. The van der Waals surface area contributed by atoms with E-state index in [2.05, 4.69) is 15.4 Å². The molecule has 2 heterocycles. The topological polar surface area (TPSA) is 59.8 Å². The Hall–Kier alpha value is -3.37. The number of halogens is 6. The summed E-state index contributed by atoms with van der Waals surface area (Å²) in [6.07, 6.45) is -8.63. The number of nitrogens with zero attached hydrogens (tertiary/aromatic N) is 3. The number of hydrogen-bond acceptors (Lipinski definition) is 3. The van der Waals surface area contributed by atoms with E-state index in [0.717, 1.165) is 11.6 Å². The molecule has 0 spiro atoms. The van der Waals surface area contributed by atoms with Crippen LogP contribution in [0.1, 0.15) is 48.0 Å². The maximum Gasteiger partial charge on any atom is 0.434 e. The first-order valence-corrected chi connectivity index (χ1v) is 9.28. The molecule has 0 bridgehead atoms. The molecule has 0 radical (unpaired) electrons. The molecule has 0 aliphatic heterocycles. The molecule has 3 aromatic rings. The van der Waals surface area contributed by atoms with Gasteiger partial charge in [0.05, 0.1) is 17.3 Å². The molecule has 0 aliphatic carbocycles. The van der Waals surface area contributed by atoms with E-state index in [0.29, 0.717) is 18.5 Å². The number of alkyl halides is 6. The van der Waals surface area contributed by atoms with E-state index in [-0.39, 0.29) is 15.8 Å². The number of nitrogens with one attached hydrogen (secondary N) is 1. The van der Waals surface area contributed by atoms with Crippen molar-refractivity contribution in [1.82, 2.24) is 14.8 Å². The summed E-state index contributed by atoms with van der Waals surface area (Å²) in [5.74, 6) is -1.59. The number of carbonyl (C=O) groups is 1. The van der Waals surface area contributed by atoms with Crippen molar-refractivity contribution in [3.63, 3.8) is 0 Å². The lowest BCUT2D eigenvalue weighted by atomic mass is 9.87. The number of hydrogen-bond donors (Lipinski definition) is 1. The van der Waals surface area contributed by atoms with Crippen LogP contribution in [0.5, 0.6) is 0 Å². The van der Waals surface area contributed by atoms with Crippen molar-refractivity contribution in [1.29, 1.82) is 0 Å². The molecular formula is C21H18F6N4O. The highest BCUT2D eigenvalue weighted by molar-refractivity contribution is 6.05. The minimum atomic E-state index is -5.02. The molecule has 0 saturated heterocycles. The van der Waals surface area contributed by atoms with Gasteiger partial charge in [-0.05, 0) is 35.2 Å². The molecule has 0 atom stereocenters. The van der Waals surface area contributed by atoms with Gasteiger partial charge >= 0.3 is 12.4 Å². The summed E-state index contributed by atoms with van der Waals surface area (Å²) in [7, 11) is 0. The maximum atomic E-state index is 13.7. The number of pyridine rings is 1. The van der Waals surface area contributed by atoms with Gasteiger partial charge in [0.2, 0.25) is 0 Å². The van der Waals surface area contributed by atoms with Crippen LogP contribution in [0.25, 0.3) is 5.82 Å². The lowest BCUT2D eigenvalue weighted by molar-refractivity contribution is -0.143. The van der Waals surface area contributed by atoms with E-state index >= 15 is 0 Å². The first-order chi connectivity index (χ1) is 14.7. The van der Waals surface area contributed by atoms with Gasteiger partial charge in [-0.1, -0.05) is 32.9 Å². The molecule has 0 unspecified atom stereocenters. The summed E-state index contributed by atoms with van der Waals surface area (Å²) in [5.41, 5.74) is -2.28. The highest BCUT2D eigenvalue weighted by Crippen LogP contribution is 2.34. The van der Waals surface area contributed by atoms with Gasteiger partial charge in [0.1, 0.15) is 0 Å². The number of amides is 1. The molecule has 0 fully saturated rings. The first-order valence-electron chi connectivity index (χ1n) is 9.28. The fourth-order valence-corrected chi connectivity index (χ4v) is 2.89. The van der Waals surface area contributed by atoms with Gasteiger partial charge in [-0.2, -0.15) is 31.4 Å². The maximum absolute atomic E-state index is 13.7. The van der Waals surface area contributed by atoms with Crippen molar-refractivity contribution in [2.45, 2.75) is 38.5 Å². The normalized spacial score (nSPS) is 12.7. The standard InChI is InChI=1S/C21H18F6N4O/c1-19(2,3)12-4-7-14(8-5-12)30-18(32)15-11-29-31(17(15)21(25,26)27)16-9-6-13(10-28-16)20(22,23)24/h4-11H,1-3H3,(H,30,32). The number of benzene rings is 1. The van der Waals surface area contributed by atoms with Crippen LogP contribution in [0.2, 0.25) is 0 Å². The Bertz CT molecular complexity index is 1110. The monoisotopic (exact) mass is 456 g/mol. The molecule has 1 aromatic carbocycles. The predicted molar refractivity (Wildman–Crippen MR) is 104 cm³/mol. The van der Waals surface area contributed by atoms with Gasteiger partial charge in [0, 0.05) is 11.9 Å². The molecule has 11 heteroatoms. The second-order valence-corrected chi connectivity index (χ2v) is 8.00. The highest BCUT2D eigenvalue weighted by Gasteiger charge is 2.41. The fourth-order valence-electron chi connectivity index (χ4n) is 2.89. The van der Waals surface area contributed by atoms with Gasteiger partial charge in [0.15, 0.2) is 11.5 Å². The van der Waals surface area contributed by atoms with Crippen LogP contribution in [-0.4, -0.2) is 20.7 Å². The third-order valence-corrected chi connectivity index (χ3v) is 4.58. The largest absolute Gasteiger partial charge is 0.434 e. The van der Waals surface area contributed by atoms with Crippen LogP contribution in [0, 0.1) is 0 Å². The van der Waals surface area contributed by atoms with Crippen LogP contribution in [-0.2, 0) is 17.8 Å². The second kappa shape index (κ2) is 7.95. The van der Waals surface area contributed by atoms with E-state index in [4.69, 9.17) is 0 Å². The Balaban J connectivity index is 1.94. The van der Waals surface area contributed by atoms with E-state index in [1.165, 1.54) is 0 Å². The molecule has 5 nitrogen and oxygen atoms in total. The molecule has 1 N–H and O–H groups in total. The fraction of sp³-hybridized carbons (Fsp3) is 0.286. The number of aromatic nitrogens is 3. The average molecular weight is 456 g/mol. The third kappa shape index (κ3) is 4.92. The van der Waals surface area contributed by atoms with Crippen molar-refractivity contribution in [3.8, 4) is 5.82 Å². The number of carbonyl (C=O) groups excluding carboxylic acids is 1. The predicted octanol–water partition coefficient (Wildman–Crippen LogP) is 5.85. The summed E-state index contributed by atoms with van der Waals surface area (Å²) in [4.78, 5) is 16.0. The summed E-state index contributed by atoms with van der Waals surface area (Å²) >= 11 is 0. The zero-order chi connectivity index (χ0) is 23.9. The van der Waals surface area contributed by atoms with Crippen molar-refractivity contribution in [2.24, 2.45) is 0 Å². The molecule has 3 rings (SSSR count). The van der Waals surface area contributed by atoms with Crippen LogP contribution in [0.3, 0.4) is 0 Å². The number of rotatable bonds is 3. The zero-order valence-corrected chi connectivity index (χ0v) is 17.1. The first kappa shape index (κ1) is 23.3. The summed E-state index contributed by atoms with van der Waals surface area (Å²) < 4.78 is 79.6. The van der Waals surface area contributed by atoms with Gasteiger partial charge in [-0.25, -0.2) is 9.67 Å². The smallest absolute Gasteiger partial charge is 0.322 e. The van der Waals surface area contributed by atoms with Gasteiger partial charge in [-0.3, -0.25) is 4.79 Å². The lowest BCUT2D eigenvalue weighted by Crippen LogP contribution is -2.21. The second-order valence-electron chi connectivity index (χ2n) is 8.00. The molecule has 0 aliphatic rings. The quantitative estimate of drug-likeness (QED) is 0.503. The summed E-state index contributed by atoms with van der Waals surface area (Å²) in [5, 5.41) is 5.93. The molecule has 32 heavy (non-hydrogen) atoms. The summed E-state index contributed by atoms with van der Waals surface area (Å²) in [6, 6.07) is 7.95.